The van der Waals surface area contributed by atoms with Gasteiger partial charge in [-0.15, -0.1) is 0 Å². The van der Waals surface area contributed by atoms with Crippen LogP contribution in [0, 0.1) is 12.3 Å². The molecule has 6 heterocycles. The van der Waals surface area contributed by atoms with Gasteiger partial charge in [0.2, 0.25) is 0 Å². The fourth-order valence-electron chi connectivity index (χ4n) is 9.46. The van der Waals surface area contributed by atoms with Crippen molar-refractivity contribution in [1.82, 2.24) is 29.5 Å². The highest BCUT2D eigenvalue weighted by atomic mass is 19.3. The van der Waals surface area contributed by atoms with Gasteiger partial charge in [0.1, 0.15) is 29.6 Å². The number of rotatable bonds is 9. The van der Waals surface area contributed by atoms with Gasteiger partial charge in [-0.1, -0.05) is 6.07 Å². The summed E-state index contributed by atoms with van der Waals surface area (Å²) < 4.78 is 55.3. The number of carbonyl (C=O) groups is 1. The molecule has 4 saturated heterocycles. The third kappa shape index (κ3) is 7.78. The first kappa shape index (κ1) is 39.2. The highest BCUT2D eigenvalue weighted by Gasteiger charge is 2.48. The van der Waals surface area contributed by atoms with E-state index in [0.717, 1.165) is 128 Å². The van der Waals surface area contributed by atoms with Crippen molar-refractivity contribution in [2.75, 3.05) is 64.4 Å². The zero-order chi connectivity index (χ0) is 40.3. The molecule has 0 radical (unpaired) electrons. The lowest BCUT2D eigenvalue weighted by molar-refractivity contribution is -0.0434. The third-order valence-corrected chi connectivity index (χ3v) is 12.7. The maximum absolute atomic E-state index is 14.3. The van der Waals surface area contributed by atoms with Crippen molar-refractivity contribution < 1.29 is 32.5 Å². The van der Waals surface area contributed by atoms with E-state index in [4.69, 9.17) is 34.0 Å². The first-order chi connectivity index (χ1) is 27.8. The second-order valence-corrected chi connectivity index (χ2v) is 18.4. The number of fused-ring (bicyclic) bond motifs is 2. The molecule has 4 aliphatic heterocycles. The number of halogens is 2. The van der Waals surface area contributed by atoms with Gasteiger partial charge < -0.3 is 33.6 Å². The van der Waals surface area contributed by atoms with E-state index in [1.807, 2.05) is 31.6 Å². The van der Waals surface area contributed by atoms with Crippen LogP contribution in [0.2, 0.25) is 0 Å². The van der Waals surface area contributed by atoms with Crippen LogP contribution < -0.4 is 14.4 Å². The minimum absolute atomic E-state index is 0.0187. The average molecular weight is 802 g/mol. The topological polar surface area (TPSA) is 107 Å². The van der Waals surface area contributed by atoms with E-state index in [2.05, 4.69) is 42.0 Å². The number of piperidine rings is 2. The number of nitrogens with zero attached hydrogens (tertiary/aromatic N) is 7. The van der Waals surface area contributed by atoms with Crippen LogP contribution in [0.25, 0.3) is 32.9 Å². The molecule has 1 atom stereocenters. The Morgan fingerprint density at radius 1 is 0.983 bits per heavy atom. The van der Waals surface area contributed by atoms with Gasteiger partial charge in [-0.3, -0.25) is 0 Å². The molecule has 0 bridgehead atoms. The van der Waals surface area contributed by atoms with Crippen molar-refractivity contribution in [3.05, 3.63) is 35.5 Å². The maximum atomic E-state index is 14.3. The lowest BCUT2D eigenvalue weighted by atomic mass is 9.72. The zero-order valence-electron chi connectivity index (χ0n) is 34.6. The van der Waals surface area contributed by atoms with Gasteiger partial charge in [0.15, 0.2) is 12.0 Å². The standard InChI is InChI=1S/C44H57F2N7O5/c1-27-9-12-33-32(23-47-53(33)35-8-6-7-21-55-35)36(27)37-30(28-10-11-28)22-31-38(39(37)56-24-34(45)46)48-41(57-29-13-17-50(5)18-14-29)49-40(31)51-19-15-44(16-20-51)25-52(26-44)42(54)58-43(2,3)4/h9,12,22-23,28-29,34-35H,6-8,10-11,13-21,24-26H2,1-5H3. The summed E-state index contributed by atoms with van der Waals surface area (Å²) in [5.41, 5.74) is 4.67. The minimum Gasteiger partial charge on any atom is -0.485 e. The molecule has 1 amide bonds. The van der Waals surface area contributed by atoms with E-state index in [9.17, 15) is 13.6 Å². The summed E-state index contributed by atoms with van der Waals surface area (Å²) in [4.78, 5) is 29.5. The number of hydrogen-bond donors (Lipinski definition) is 0. The molecular weight excluding hydrogens is 745 g/mol. The smallest absolute Gasteiger partial charge is 0.410 e. The van der Waals surface area contributed by atoms with Crippen molar-refractivity contribution in [3.8, 4) is 22.9 Å². The lowest BCUT2D eigenvalue weighted by Crippen LogP contribution is -2.62. The molecule has 2 aromatic carbocycles. The van der Waals surface area contributed by atoms with E-state index in [-0.39, 0.29) is 35.8 Å². The number of ether oxygens (including phenoxy) is 4. The van der Waals surface area contributed by atoms with E-state index >= 15 is 0 Å². The van der Waals surface area contributed by atoms with Gasteiger partial charge in [0, 0.05) is 67.6 Å². The molecule has 5 fully saturated rings. The van der Waals surface area contributed by atoms with Crippen molar-refractivity contribution in [3.63, 3.8) is 0 Å². The highest BCUT2D eigenvalue weighted by molar-refractivity contribution is 6.06. The zero-order valence-corrected chi connectivity index (χ0v) is 34.6. The van der Waals surface area contributed by atoms with Crippen molar-refractivity contribution in [1.29, 1.82) is 0 Å². The molecule has 12 nitrogen and oxygen atoms in total. The van der Waals surface area contributed by atoms with Crippen LogP contribution in [0.3, 0.4) is 0 Å². The number of hydrogen-bond acceptors (Lipinski definition) is 10. The Labute approximate surface area is 339 Å². The fraction of sp³-hybridized carbons (Fsp3) is 0.636. The SMILES string of the molecule is Cc1ccc2c(cnn2C2CCCCO2)c1-c1c(C2CC2)cc2c(N3CCC4(CC3)CN(C(=O)OC(C)(C)C)C4)nc(OC3CCN(C)CC3)nc2c1OCC(F)F. The quantitative estimate of drug-likeness (QED) is 0.164. The summed E-state index contributed by atoms with van der Waals surface area (Å²) in [5.74, 6) is 1.31. The molecule has 1 unspecified atom stereocenters. The number of carbonyl (C=O) groups excluding carboxylic acids is 1. The van der Waals surface area contributed by atoms with Crippen molar-refractivity contribution >= 4 is 33.7 Å². The number of anilines is 1. The van der Waals surface area contributed by atoms with Gasteiger partial charge in [-0.05, 0) is 127 Å². The summed E-state index contributed by atoms with van der Waals surface area (Å²) in [6, 6.07) is 6.62. The second kappa shape index (κ2) is 15.4. The Morgan fingerprint density at radius 2 is 1.74 bits per heavy atom. The molecule has 2 aromatic heterocycles. The predicted octanol–water partition coefficient (Wildman–Crippen LogP) is 8.49. The van der Waals surface area contributed by atoms with E-state index in [1.165, 1.54) is 0 Å². The number of aryl methyl sites for hydroxylation is 1. The molecule has 5 aliphatic rings. The summed E-state index contributed by atoms with van der Waals surface area (Å²) >= 11 is 0. The summed E-state index contributed by atoms with van der Waals surface area (Å²) in [6.45, 7) is 12.2. The molecule has 1 aliphatic carbocycles. The minimum atomic E-state index is -2.69. The van der Waals surface area contributed by atoms with Crippen molar-refractivity contribution in [2.45, 2.75) is 116 Å². The Hall–Kier alpha value is -4.30. The highest BCUT2D eigenvalue weighted by Crippen LogP contribution is 2.53. The fourth-order valence-corrected chi connectivity index (χ4v) is 9.46. The largest absolute Gasteiger partial charge is 0.485 e. The van der Waals surface area contributed by atoms with Crippen LogP contribution >= 0.6 is 0 Å². The van der Waals surface area contributed by atoms with Crippen LogP contribution in [0.15, 0.2) is 24.4 Å². The Kier molecular flexibility index (Phi) is 10.4. The second-order valence-electron chi connectivity index (χ2n) is 18.4. The molecule has 0 N–H and O–H groups in total. The molecule has 58 heavy (non-hydrogen) atoms. The monoisotopic (exact) mass is 801 g/mol. The van der Waals surface area contributed by atoms with Crippen LogP contribution in [0.5, 0.6) is 11.8 Å². The summed E-state index contributed by atoms with van der Waals surface area (Å²) in [6.07, 6.45) is 7.10. The van der Waals surface area contributed by atoms with E-state index in [1.54, 1.807) is 4.90 Å². The summed E-state index contributed by atoms with van der Waals surface area (Å²) in [7, 11) is 2.11. The third-order valence-electron chi connectivity index (χ3n) is 12.7. The number of alkyl halides is 2. The lowest BCUT2D eigenvalue weighted by Gasteiger charge is -2.53. The van der Waals surface area contributed by atoms with Crippen molar-refractivity contribution in [2.24, 2.45) is 5.41 Å². The van der Waals surface area contributed by atoms with E-state index in [0.29, 0.717) is 31.0 Å². The first-order valence-corrected chi connectivity index (χ1v) is 21.3. The Bertz CT molecular complexity index is 2160. The number of aromatic nitrogens is 4. The molecular formula is C44H57F2N7O5. The molecule has 14 heteroatoms. The van der Waals surface area contributed by atoms with Gasteiger partial charge in [-0.2, -0.15) is 15.1 Å². The van der Waals surface area contributed by atoms with Gasteiger partial charge in [-0.25, -0.2) is 18.3 Å². The number of benzene rings is 2. The predicted molar refractivity (Wildman–Crippen MR) is 218 cm³/mol. The Morgan fingerprint density at radius 3 is 2.41 bits per heavy atom. The van der Waals surface area contributed by atoms with Gasteiger partial charge in [0.25, 0.3) is 6.43 Å². The van der Waals surface area contributed by atoms with Crippen LogP contribution in [0.1, 0.15) is 102 Å². The molecule has 1 spiro atoms. The number of likely N-dealkylation sites (tertiary alicyclic amines) is 2. The number of amides is 1. The molecule has 1 saturated carbocycles. The van der Waals surface area contributed by atoms with E-state index < -0.39 is 18.6 Å². The maximum Gasteiger partial charge on any atom is 0.410 e. The average Bonchev–Trinajstić information content (AvgIpc) is 3.94. The van der Waals surface area contributed by atoms with Crippen LogP contribution in [-0.4, -0.2) is 113 Å². The molecule has 4 aromatic rings. The first-order valence-electron chi connectivity index (χ1n) is 21.3. The van der Waals surface area contributed by atoms with Gasteiger partial charge in [0.05, 0.1) is 11.7 Å². The van der Waals surface area contributed by atoms with Crippen LogP contribution in [-0.2, 0) is 9.47 Å². The normalized spacial score (nSPS) is 21.9. The van der Waals surface area contributed by atoms with Gasteiger partial charge >= 0.3 is 12.1 Å². The summed E-state index contributed by atoms with van der Waals surface area (Å²) in [5, 5.41) is 6.57. The molecule has 9 rings (SSSR count). The molecule has 312 valence electrons. The van der Waals surface area contributed by atoms with Crippen LogP contribution in [0.4, 0.5) is 19.4 Å². The Balaban J connectivity index is 1.15.